The lowest BCUT2D eigenvalue weighted by Crippen LogP contribution is -2.21. The predicted octanol–water partition coefficient (Wildman–Crippen LogP) is 3.31. The van der Waals surface area contributed by atoms with Crippen molar-refractivity contribution in [3.63, 3.8) is 0 Å². The summed E-state index contributed by atoms with van der Waals surface area (Å²) in [6, 6.07) is 2.38. The van der Waals surface area contributed by atoms with Crippen LogP contribution in [0.3, 0.4) is 0 Å². The normalized spacial score (nSPS) is 13.7. The smallest absolute Gasteiger partial charge is 0.417 e. The van der Waals surface area contributed by atoms with Gasteiger partial charge in [-0.05, 0) is 18.4 Å². The summed E-state index contributed by atoms with van der Waals surface area (Å²) in [4.78, 5) is 11.4. The number of nitrogens with two attached hydrogens (primary N) is 1. The number of carboxylic acids is 1. The Morgan fingerprint density at radius 1 is 1.42 bits per heavy atom. The Hall–Kier alpha value is -1.60. The van der Waals surface area contributed by atoms with E-state index in [0.29, 0.717) is 4.88 Å². The standard InChI is InChI=1S/C12H10F3NO2S/c1-5-8(9(16)11(17)18)6-3-2-4-7(10(6)19-5)12(13,14)15/h2-4,9H,16H2,1H3,(H,17,18). The molecule has 1 heterocycles. The molecule has 1 aromatic heterocycles. The molecule has 3 nitrogen and oxygen atoms in total. The Bertz CT molecular complexity index is 648. The van der Waals surface area contributed by atoms with Gasteiger partial charge in [0.25, 0.3) is 0 Å². The van der Waals surface area contributed by atoms with Crippen molar-refractivity contribution >= 4 is 27.4 Å². The van der Waals surface area contributed by atoms with Gasteiger partial charge < -0.3 is 10.8 Å². The number of benzene rings is 1. The first-order chi connectivity index (χ1) is 8.73. The van der Waals surface area contributed by atoms with E-state index >= 15 is 0 Å². The average molecular weight is 289 g/mol. The van der Waals surface area contributed by atoms with Gasteiger partial charge in [0, 0.05) is 15.1 Å². The molecular formula is C12H10F3NO2S. The molecular weight excluding hydrogens is 279 g/mol. The summed E-state index contributed by atoms with van der Waals surface area (Å²) < 4.78 is 38.7. The van der Waals surface area contributed by atoms with Crippen LogP contribution in [0.4, 0.5) is 13.2 Å². The minimum absolute atomic E-state index is 0.0270. The molecule has 0 radical (unpaired) electrons. The second kappa shape index (κ2) is 4.50. The molecule has 2 aromatic rings. The molecule has 1 aromatic carbocycles. The molecule has 3 N–H and O–H groups in total. The molecule has 1 atom stereocenters. The van der Waals surface area contributed by atoms with Crippen LogP contribution in [-0.2, 0) is 11.0 Å². The zero-order chi connectivity index (χ0) is 14.4. The topological polar surface area (TPSA) is 63.3 Å². The van der Waals surface area contributed by atoms with Crippen LogP contribution >= 0.6 is 11.3 Å². The van der Waals surface area contributed by atoms with Crippen LogP contribution in [0.5, 0.6) is 0 Å². The monoisotopic (exact) mass is 289 g/mol. The highest BCUT2D eigenvalue weighted by atomic mass is 32.1. The molecule has 0 fully saturated rings. The SMILES string of the molecule is Cc1sc2c(C(F)(F)F)cccc2c1C(N)C(=O)O. The number of carboxylic acid groups (broad SMARTS) is 1. The lowest BCUT2D eigenvalue weighted by molar-refractivity contribution is -0.138. The number of aryl methyl sites for hydroxylation is 1. The van der Waals surface area contributed by atoms with Gasteiger partial charge in [-0.1, -0.05) is 12.1 Å². The van der Waals surface area contributed by atoms with E-state index in [4.69, 9.17) is 10.8 Å². The van der Waals surface area contributed by atoms with Crippen molar-refractivity contribution in [3.05, 3.63) is 34.2 Å². The quantitative estimate of drug-likeness (QED) is 0.891. The molecule has 0 spiro atoms. The summed E-state index contributed by atoms with van der Waals surface area (Å²) in [7, 11) is 0. The van der Waals surface area contributed by atoms with E-state index in [0.717, 1.165) is 17.4 Å². The number of aliphatic carboxylic acids is 1. The van der Waals surface area contributed by atoms with Crippen molar-refractivity contribution in [2.75, 3.05) is 0 Å². The van der Waals surface area contributed by atoms with Gasteiger partial charge in [0.2, 0.25) is 0 Å². The Balaban J connectivity index is 2.77. The summed E-state index contributed by atoms with van der Waals surface area (Å²) >= 11 is 0.915. The van der Waals surface area contributed by atoms with E-state index in [1.807, 2.05) is 0 Å². The van der Waals surface area contributed by atoms with E-state index in [2.05, 4.69) is 0 Å². The van der Waals surface area contributed by atoms with Crippen LogP contribution in [0, 0.1) is 6.92 Å². The summed E-state index contributed by atoms with van der Waals surface area (Å²) in [5, 5.41) is 9.18. The number of hydrogen-bond acceptors (Lipinski definition) is 3. The van der Waals surface area contributed by atoms with E-state index in [1.54, 1.807) is 6.92 Å². The van der Waals surface area contributed by atoms with Crippen LogP contribution in [-0.4, -0.2) is 11.1 Å². The lowest BCUT2D eigenvalue weighted by atomic mass is 10.0. The Labute approximate surface area is 110 Å². The fourth-order valence-corrected chi connectivity index (χ4v) is 3.22. The molecule has 102 valence electrons. The fourth-order valence-electron chi connectivity index (χ4n) is 1.99. The van der Waals surface area contributed by atoms with Crippen molar-refractivity contribution < 1.29 is 23.1 Å². The molecule has 0 saturated heterocycles. The van der Waals surface area contributed by atoms with Gasteiger partial charge in [-0.25, -0.2) is 0 Å². The second-order valence-electron chi connectivity index (χ2n) is 4.07. The highest BCUT2D eigenvalue weighted by Gasteiger charge is 2.34. The summed E-state index contributed by atoms with van der Waals surface area (Å²) in [5.74, 6) is -1.26. The minimum atomic E-state index is -4.47. The molecule has 0 aliphatic rings. The zero-order valence-corrected chi connectivity index (χ0v) is 10.6. The maximum atomic E-state index is 12.9. The molecule has 2 rings (SSSR count). The fraction of sp³-hybridized carbons (Fsp3) is 0.250. The first-order valence-electron chi connectivity index (χ1n) is 5.31. The van der Waals surface area contributed by atoms with E-state index in [1.165, 1.54) is 12.1 Å². The van der Waals surface area contributed by atoms with Crippen LogP contribution < -0.4 is 5.73 Å². The minimum Gasteiger partial charge on any atom is -0.480 e. The molecule has 0 amide bonds. The Kier molecular flexibility index (Phi) is 3.27. The van der Waals surface area contributed by atoms with Crippen molar-refractivity contribution in [1.82, 2.24) is 0 Å². The summed E-state index contributed by atoms with van der Waals surface area (Å²) in [6.45, 7) is 1.57. The number of carbonyl (C=O) groups is 1. The third kappa shape index (κ3) is 2.31. The highest BCUT2D eigenvalue weighted by Crippen LogP contribution is 2.42. The van der Waals surface area contributed by atoms with Crippen molar-refractivity contribution in [3.8, 4) is 0 Å². The van der Waals surface area contributed by atoms with Gasteiger partial charge in [-0.2, -0.15) is 13.2 Å². The molecule has 19 heavy (non-hydrogen) atoms. The molecule has 0 aliphatic carbocycles. The first kappa shape index (κ1) is 13.8. The van der Waals surface area contributed by atoms with E-state index < -0.39 is 23.8 Å². The maximum Gasteiger partial charge on any atom is 0.417 e. The number of rotatable bonds is 2. The van der Waals surface area contributed by atoms with Gasteiger partial charge in [-0.3, -0.25) is 4.79 Å². The highest BCUT2D eigenvalue weighted by molar-refractivity contribution is 7.19. The summed E-state index contributed by atoms with van der Waals surface area (Å²) in [6.07, 6.45) is -4.47. The molecule has 7 heteroatoms. The van der Waals surface area contributed by atoms with E-state index in [-0.39, 0.29) is 15.6 Å². The van der Waals surface area contributed by atoms with Gasteiger partial charge in [0.1, 0.15) is 6.04 Å². The Morgan fingerprint density at radius 3 is 2.58 bits per heavy atom. The third-order valence-corrected chi connectivity index (χ3v) is 3.99. The van der Waals surface area contributed by atoms with Crippen molar-refractivity contribution in [2.24, 2.45) is 5.73 Å². The largest absolute Gasteiger partial charge is 0.480 e. The first-order valence-corrected chi connectivity index (χ1v) is 6.12. The third-order valence-electron chi connectivity index (χ3n) is 2.82. The molecule has 0 aliphatic heterocycles. The Morgan fingerprint density at radius 2 is 2.05 bits per heavy atom. The predicted molar refractivity (Wildman–Crippen MR) is 66.1 cm³/mol. The number of hydrogen-bond donors (Lipinski definition) is 2. The van der Waals surface area contributed by atoms with Crippen LogP contribution in [0.15, 0.2) is 18.2 Å². The molecule has 0 bridgehead atoms. The van der Waals surface area contributed by atoms with Gasteiger partial charge in [-0.15, -0.1) is 11.3 Å². The van der Waals surface area contributed by atoms with Crippen molar-refractivity contribution in [2.45, 2.75) is 19.1 Å². The summed E-state index contributed by atoms with van der Waals surface area (Å²) in [5.41, 5.74) is 5.02. The lowest BCUT2D eigenvalue weighted by Gasteiger charge is -2.09. The molecule has 1 unspecified atom stereocenters. The average Bonchev–Trinajstić information content (AvgIpc) is 2.61. The van der Waals surface area contributed by atoms with Crippen molar-refractivity contribution in [1.29, 1.82) is 0 Å². The van der Waals surface area contributed by atoms with Crippen LogP contribution in [0.25, 0.3) is 10.1 Å². The number of thiophene rings is 1. The molecule has 0 saturated carbocycles. The second-order valence-corrected chi connectivity index (χ2v) is 5.29. The zero-order valence-electron chi connectivity index (χ0n) is 9.78. The number of halogens is 3. The van der Waals surface area contributed by atoms with E-state index in [9.17, 15) is 18.0 Å². The van der Waals surface area contributed by atoms with Gasteiger partial charge in [0.15, 0.2) is 0 Å². The number of alkyl halides is 3. The van der Waals surface area contributed by atoms with Crippen LogP contribution in [0.1, 0.15) is 22.0 Å². The van der Waals surface area contributed by atoms with Gasteiger partial charge in [0.05, 0.1) is 5.56 Å². The number of fused-ring (bicyclic) bond motifs is 1. The van der Waals surface area contributed by atoms with Gasteiger partial charge >= 0.3 is 12.1 Å². The van der Waals surface area contributed by atoms with Crippen LogP contribution in [0.2, 0.25) is 0 Å². The maximum absolute atomic E-state index is 12.9.